The van der Waals surface area contributed by atoms with Crippen molar-refractivity contribution >= 4 is 39.1 Å². The average molecular weight is 547 g/mol. The first-order chi connectivity index (χ1) is 16.4. The number of aromatic nitrogens is 2. The summed E-state index contributed by atoms with van der Waals surface area (Å²) in [6.45, 7) is -0.141. The van der Waals surface area contributed by atoms with E-state index in [0.29, 0.717) is 0 Å². The topological polar surface area (TPSA) is 84.3 Å². The number of carbonyl (C=O) groups is 1. The molecule has 1 N–H and O–H groups in total. The summed E-state index contributed by atoms with van der Waals surface area (Å²) in [5, 5.41) is 1.57. The van der Waals surface area contributed by atoms with E-state index in [1.165, 1.54) is 17.0 Å². The minimum absolute atomic E-state index is 0.000515. The number of aryl methyl sites for hydroxylation is 1. The predicted molar refractivity (Wildman–Crippen MR) is 124 cm³/mol. The summed E-state index contributed by atoms with van der Waals surface area (Å²) in [5.74, 6) is -1.33. The van der Waals surface area contributed by atoms with Gasteiger partial charge in [0.05, 0.1) is 28.5 Å². The van der Waals surface area contributed by atoms with E-state index in [2.05, 4.69) is 10.3 Å². The highest BCUT2D eigenvalue weighted by Crippen LogP contribution is 2.37. The second-order valence-corrected chi connectivity index (χ2v) is 10.6. The normalized spacial score (nSPS) is 19.1. The highest BCUT2D eigenvalue weighted by Gasteiger charge is 2.43. The Hall–Kier alpha value is -2.60. The molecule has 1 aliphatic heterocycles. The summed E-state index contributed by atoms with van der Waals surface area (Å²) in [7, 11) is -2.57. The third-order valence-corrected chi connectivity index (χ3v) is 8.53. The molecule has 2 heterocycles. The van der Waals surface area contributed by atoms with Crippen LogP contribution in [0.3, 0.4) is 0 Å². The molecule has 0 aliphatic carbocycles. The van der Waals surface area contributed by atoms with E-state index in [9.17, 15) is 26.4 Å². The molecule has 1 amide bonds. The highest BCUT2D eigenvalue weighted by molar-refractivity contribution is 7.89. The maximum absolute atomic E-state index is 13.3. The van der Waals surface area contributed by atoms with Gasteiger partial charge in [-0.3, -0.25) is 4.79 Å². The van der Waals surface area contributed by atoms with Gasteiger partial charge in [0.1, 0.15) is 5.15 Å². The largest absolute Gasteiger partial charge is 0.417 e. The van der Waals surface area contributed by atoms with Crippen LogP contribution in [0, 0.1) is 0 Å². The lowest BCUT2D eigenvalue weighted by atomic mass is 9.94. The lowest BCUT2D eigenvalue weighted by Crippen LogP contribution is -2.40. The maximum atomic E-state index is 13.3. The van der Waals surface area contributed by atoms with Gasteiger partial charge < -0.3 is 9.88 Å². The second kappa shape index (κ2) is 9.45. The summed E-state index contributed by atoms with van der Waals surface area (Å²) >= 11 is 12.0. The fraction of sp³-hybridized carbons (Fsp3) is 0.273. The molecule has 3 aromatic rings. The fourth-order valence-electron chi connectivity index (χ4n) is 4.01. The maximum Gasteiger partial charge on any atom is 0.417 e. The van der Waals surface area contributed by atoms with Crippen molar-refractivity contribution in [3.63, 3.8) is 0 Å². The molecule has 1 fully saturated rings. The van der Waals surface area contributed by atoms with Gasteiger partial charge in [-0.1, -0.05) is 59.6 Å². The number of imidazole rings is 1. The number of hydrogen-bond acceptors (Lipinski definition) is 4. The molecule has 1 aromatic heterocycles. The molecule has 35 heavy (non-hydrogen) atoms. The Morgan fingerprint density at radius 2 is 1.77 bits per heavy atom. The summed E-state index contributed by atoms with van der Waals surface area (Å²) in [6, 6.07) is 11.2. The molecule has 0 radical (unpaired) electrons. The van der Waals surface area contributed by atoms with E-state index in [1.807, 2.05) is 0 Å². The molecule has 13 heteroatoms. The molecule has 2 aromatic carbocycles. The Morgan fingerprint density at radius 3 is 2.37 bits per heavy atom. The van der Waals surface area contributed by atoms with Gasteiger partial charge in [0.15, 0.2) is 0 Å². The average Bonchev–Trinajstić information content (AvgIpc) is 3.38. The molecule has 0 unspecified atom stereocenters. The van der Waals surface area contributed by atoms with Gasteiger partial charge >= 0.3 is 6.18 Å². The SMILES string of the molecule is Cn1cnc(S(=O)(=O)N2C[C@H](NC(=O)c3cccc(C(F)(F)F)c3Cl)[C@@H](c3ccccc3)C2)c1Cl. The predicted octanol–water partition coefficient (Wildman–Crippen LogP) is 4.33. The van der Waals surface area contributed by atoms with Crippen molar-refractivity contribution < 1.29 is 26.4 Å². The van der Waals surface area contributed by atoms with E-state index in [0.717, 1.165) is 22.0 Å². The van der Waals surface area contributed by atoms with Gasteiger partial charge in [-0.05, 0) is 17.7 Å². The molecular formula is C22H19Cl2F3N4O3S. The van der Waals surface area contributed by atoms with Crippen LogP contribution in [-0.4, -0.2) is 47.3 Å². The summed E-state index contributed by atoms with van der Waals surface area (Å²) in [6.07, 6.45) is -3.46. The van der Waals surface area contributed by atoms with E-state index in [4.69, 9.17) is 23.2 Å². The number of rotatable bonds is 5. The molecule has 2 atom stereocenters. The van der Waals surface area contributed by atoms with Crippen molar-refractivity contribution in [2.45, 2.75) is 23.2 Å². The van der Waals surface area contributed by atoms with Crippen LogP contribution >= 0.6 is 23.2 Å². The third-order valence-electron chi connectivity index (χ3n) is 5.80. The Labute approximate surface area is 209 Å². The van der Waals surface area contributed by atoms with Crippen LogP contribution in [0.25, 0.3) is 0 Å². The van der Waals surface area contributed by atoms with Crippen LogP contribution in [0.1, 0.15) is 27.4 Å². The number of amides is 1. The highest BCUT2D eigenvalue weighted by atomic mass is 35.5. The monoisotopic (exact) mass is 546 g/mol. The number of sulfonamides is 1. The minimum atomic E-state index is -4.74. The number of benzene rings is 2. The molecule has 186 valence electrons. The minimum Gasteiger partial charge on any atom is -0.347 e. The third kappa shape index (κ3) is 4.90. The molecule has 0 saturated carbocycles. The van der Waals surface area contributed by atoms with E-state index in [-0.39, 0.29) is 28.8 Å². The summed E-state index contributed by atoms with van der Waals surface area (Å²) in [5.41, 5.74) is -0.744. The number of halogens is 5. The number of alkyl halides is 3. The fourth-order valence-corrected chi connectivity index (χ4v) is 6.21. The Bertz CT molecular complexity index is 1360. The Kier molecular flexibility index (Phi) is 6.89. The van der Waals surface area contributed by atoms with Gasteiger partial charge in [-0.15, -0.1) is 0 Å². The molecule has 1 aliphatic rings. The molecule has 7 nitrogen and oxygen atoms in total. The zero-order valence-electron chi connectivity index (χ0n) is 18.1. The van der Waals surface area contributed by atoms with Gasteiger partial charge in [-0.2, -0.15) is 17.5 Å². The number of carbonyl (C=O) groups excluding carboxylic acids is 1. The van der Waals surface area contributed by atoms with Crippen LogP contribution in [0.4, 0.5) is 13.2 Å². The quantitative estimate of drug-likeness (QED) is 0.516. The molecule has 1 saturated heterocycles. The lowest BCUT2D eigenvalue weighted by Gasteiger charge is -2.21. The van der Waals surface area contributed by atoms with Crippen molar-refractivity contribution in [2.75, 3.05) is 13.1 Å². The molecule has 4 rings (SSSR count). The van der Waals surface area contributed by atoms with Gasteiger partial charge in [0.25, 0.3) is 15.9 Å². The summed E-state index contributed by atoms with van der Waals surface area (Å²) in [4.78, 5) is 16.9. The zero-order chi connectivity index (χ0) is 25.5. The van der Waals surface area contributed by atoms with Crippen LogP contribution in [0.5, 0.6) is 0 Å². The van der Waals surface area contributed by atoms with Gasteiger partial charge in [0.2, 0.25) is 5.03 Å². The number of hydrogen-bond donors (Lipinski definition) is 1. The number of nitrogens with zero attached hydrogens (tertiary/aromatic N) is 3. The first kappa shape index (κ1) is 25.5. The van der Waals surface area contributed by atoms with Crippen LogP contribution < -0.4 is 5.32 Å². The van der Waals surface area contributed by atoms with Crippen molar-refractivity contribution in [1.29, 1.82) is 0 Å². The van der Waals surface area contributed by atoms with Crippen molar-refractivity contribution in [1.82, 2.24) is 19.2 Å². The second-order valence-electron chi connectivity index (χ2n) is 8.04. The van der Waals surface area contributed by atoms with Crippen LogP contribution in [-0.2, 0) is 23.2 Å². The van der Waals surface area contributed by atoms with E-state index >= 15 is 0 Å². The summed E-state index contributed by atoms with van der Waals surface area (Å²) < 4.78 is 68.8. The molecule has 0 bridgehead atoms. The smallest absolute Gasteiger partial charge is 0.347 e. The van der Waals surface area contributed by atoms with E-state index in [1.54, 1.807) is 37.4 Å². The van der Waals surface area contributed by atoms with Crippen LogP contribution in [0.15, 0.2) is 59.9 Å². The molecular weight excluding hydrogens is 528 g/mol. The first-order valence-electron chi connectivity index (χ1n) is 10.3. The molecule has 0 spiro atoms. The van der Waals surface area contributed by atoms with Crippen molar-refractivity contribution in [3.05, 3.63) is 81.7 Å². The first-order valence-corrected chi connectivity index (χ1v) is 12.5. The van der Waals surface area contributed by atoms with Gasteiger partial charge in [-0.25, -0.2) is 13.4 Å². The zero-order valence-corrected chi connectivity index (χ0v) is 20.5. The van der Waals surface area contributed by atoms with Crippen molar-refractivity contribution in [2.24, 2.45) is 7.05 Å². The van der Waals surface area contributed by atoms with Gasteiger partial charge in [0, 0.05) is 26.1 Å². The Balaban J connectivity index is 1.66. The standard InChI is InChI=1S/C22H19Cl2F3N4O3S/c1-30-12-28-21(19(30)24)35(33,34)31-10-15(13-6-3-2-4-7-13)17(11-31)29-20(32)14-8-5-9-16(18(14)23)22(25,26)27/h2-9,12,15,17H,10-11H2,1H3,(H,29,32)/t15-,17+/m1/s1. The number of nitrogens with one attached hydrogen (secondary N) is 1. The van der Waals surface area contributed by atoms with E-state index < -0.39 is 44.7 Å². The van der Waals surface area contributed by atoms with Crippen LogP contribution in [0.2, 0.25) is 10.2 Å². The van der Waals surface area contributed by atoms with Crippen molar-refractivity contribution in [3.8, 4) is 0 Å². The Morgan fingerprint density at radius 1 is 1.09 bits per heavy atom. The lowest BCUT2D eigenvalue weighted by molar-refractivity contribution is -0.137.